The smallest absolute Gasteiger partial charge is 0.115 e. The van der Waals surface area contributed by atoms with Crippen LogP contribution in [0.25, 0.3) is 0 Å². The Hall–Kier alpha value is -0.730. The standard InChI is InChI=1S/C19H25ClO2/c1-19-9-12(10-20)18-14-5-3-13(21)8-11(14)2-4-15(18)16(19)6-7-17(19)22/h3,5,8,12,15-18,21-22H,2,4,6-7,9-10H2,1H3/t12?,15-,16-,17+,18+,19-/m0/s1. The second kappa shape index (κ2) is 5.14. The Kier molecular flexibility index (Phi) is 3.47. The third kappa shape index (κ3) is 1.96. The quantitative estimate of drug-likeness (QED) is 0.766. The highest BCUT2D eigenvalue weighted by atomic mass is 35.5. The lowest BCUT2D eigenvalue weighted by Gasteiger charge is -2.53. The van der Waals surface area contributed by atoms with Gasteiger partial charge in [-0.3, -0.25) is 0 Å². The van der Waals surface area contributed by atoms with E-state index in [-0.39, 0.29) is 11.5 Å². The van der Waals surface area contributed by atoms with E-state index in [2.05, 4.69) is 13.0 Å². The van der Waals surface area contributed by atoms with Gasteiger partial charge >= 0.3 is 0 Å². The molecule has 1 aromatic rings. The third-order valence-electron chi connectivity index (χ3n) is 6.98. The van der Waals surface area contributed by atoms with E-state index in [1.807, 2.05) is 12.1 Å². The van der Waals surface area contributed by atoms with Gasteiger partial charge in [-0.25, -0.2) is 0 Å². The van der Waals surface area contributed by atoms with Crippen LogP contribution in [0.4, 0.5) is 0 Å². The minimum absolute atomic E-state index is 0.0507. The Morgan fingerprint density at radius 1 is 1.27 bits per heavy atom. The van der Waals surface area contributed by atoms with Crippen LogP contribution in [-0.2, 0) is 6.42 Å². The van der Waals surface area contributed by atoms with Crippen molar-refractivity contribution < 1.29 is 10.2 Å². The van der Waals surface area contributed by atoms with Crippen molar-refractivity contribution in [2.45, 2.75) is 51.0 Å². The summed E-state index contributed by atoms with van der Waals surface area (Å²) in [6.07, 6.45) is 5.18. The zero-order valence-corrected chi connectivity index (χ0v) is 13.9. The molecule has 2 nitrogen and oxygen atoms in total. The predicted molar refractivity (Wildman–Crippen MR) is 88.3 cm³/mol. The van der Waals surface area contributed by atoms with E-state index in [0.717, 1.165) is 25.7 Å². The molecule has 0 amide bonds. The third-order valence-corrected chi connectivity index (χ3v) is 7.37. The minimum Gasteiger partial charge on any atom is -0.508 e. The van der Waals surface area contributed by atoms with Gasteiger partial charge in [0.15, 0.2) is 0 Å². The highest BCUT2D eigenvalue weighted by Crippen LogP contribution is 2.62. The lowest BCUT2D eigenvalue weighted by molar-refractivity contribution is -0.0434. The maximum Gasteiger partial charge on any atom is 0.115 e. The molecule has 1 unspecified atom stereocenters. The largest absolute Gasteiger partial charge is 0.508 e. The van der Waals surface area contributed by atoms with Gasteiger partial charge in [-0.15, -0.1) is 11.6 Å². The summed E-state index contributed by atoms with van der Waals surface area (Å²) in [6, 6.07) is 5.88. The number of aliphatic hydroxyl groups is 1. The zero-order chi connectivity index (χ0) is 15.5. The van der Waals surface area contributed by atoms with Crippen molar-refractivity contribution in [2.24, 2.45) is 23.2 Å². The first-order chi connectivity index (χ1) is 10.5. The molecule has 6 atom stereocenters. The second-order valence-electron chi connectivity index (χ2n) is 7.94. The van der Waals surface area contributed by atoms with Crippen molar-refractivity contribution in [3.05, 3.63) is 29.3 Å². The van der Waals surface area contributed by atoms with E-state index in [0.29, 0.717) is 35.3 Å². The molecule has 0 radical (unpaired) electrons. The maximum absolute atomic E-state index is 10.5. The number of alkyl halides is 1. The molecule has 0 bridgehead atoms. The average Bonchev–Trinajstić information content (AvgIpc) is 2.81. The number of fused-ring (bicyclic) bond motifs is 5. The van der Waals surface area contributed by atoms with E-state index in [4.69, 9.17) is 11.6 Å². The number of aromatic hydroxyl groups is 1. The number of hydrogen-bond acceptors (Lipinski definition) is 2. The Morgan fingerprint density at radius 3 is 2.86 bits per heavy atom. The van der Waals surface area contributed by atoms with E-state index in [1.165, 1.54) is 17.5 Å². The van der Waals surface area contributed by atoms with Crippen LogP contribution >= 0.6 is 11.6 Å². The van der Waals surface area contributed by atoms with Crippen molar-refractivity contribution in [1.29, 1.82) is 0 Å². The Morgan fingerprint density at radius 2 is 2.09 bits per heavy atom. The molecule has 3 aliphatic rings. The molecule has 1 aromatic carbocycles. The lowest BCUT2D eigenvalue weighted by Crippen LogP contribution is -2.48. The van der Waals surface area contributed by atoms with Gasteiger partial charge < -0.3 is 10.2 Å². The fraction of sp³-hybridized carbons (Fsp3) is 0.684. The summed E-state index contributed by atoms with van der Waals surface area (Å²) in [4.78, 5) is 0. The normalized spacial score (nSPS) is 43.3. The topological polar surface area (TPSA) is 40.5 Å². The Balaban J connectivity index is 1.78. The Bertz CT molecular complexity index is 587. The number of aliphatic hydroxyl groups excluding tert-OH is 1. The van der Waals surface area contributed by atoms with Gasteiger partial charge in [0.05, 0.1) is 6.10 Å². The molecular formula is C19H25ClO2. The minimum atomic E-state index is -0.162. The lowest BCUT2D eigenvalue weighted by atomic mass is 9.52. The monoisotopic (exact) mass is 320 g/mol. The van der Waals surface area contributed by atoms with Crippen LogP contribution in [0.15, 0.2) is 18.2 Å². The highest BCUT2D eigenvalue weighted by Gasteiger charge is 2.57. The molecule has 22 heavy (non-hydrogen) atoms. The summed E-state index contributed by atoms with van der Waals surface area (Å²) in [6.45, 7) is 2.29. The number of aryl methyl sites for hydroxylation is 1. The molecule has 4 rings (SSSR count). The summed E-state index contributed by atoms with van der Waals surface area (Å²) >= 11 is 6.37. The zero-order valence-electron chi connectivity index (χ0n) is 13.1. The number of rotatable bonds is 1. The molecule has 2 N–H and O–H groups in total. The molecule has 0 heterocycles. The van der Waals surface area contributed by atoms with Gasteiger partial charge in [-0.05, 0) is 84.5 Å². The van der Waals surface area contributed by atoms with Crippen molar-refractivity contribution >= 4 is 11.6 Å². The van der Waals surface area contributed by atoms with Crippen LogP contribution in [0.1, 0.15) is 49.7 Å². The van der Waals surface area contributed by atoms with Crippen molar-refractivity contribution in [3.63, 3.8) is 0 Å². The highest BCUT2D eigenvalue weighted by molar-refractivity contribution is 6.18. The van der Waals surface area contributed by atoms with Crippen LogP contribution in [0, 0.1) is 23.2 Å². The summed E-state index contributed by atoms with van der Waals surface area (Å²) in [7, 11) is 0. The van der Waals surface area contributed by atoms with Crippen LogP contribution in [0.2, 0.25) is 0 Å². The van der Waals surface area contributed by atoms with Gasteiger partial charge in [-0.2, -0.15) is 0 Å². The molecule has 0 aliphatic heterocycles. The van der Waals surface area contributed by atoms with Gasteiger partial charge in [0.2, 0.25) is 0 Å². The summed E-state index contributed by atoms with van der Waals surface area (Å²) in [5.41, 5.74) is 2.76. The molecule has 120 valence electrons. The maximum atomic E-state index is 10.5. The molecule has 3 aliphatic carbocycles. The van der Waals surface area contributed by atoms with E-state index < -0.39 is 0 Å². The summed E-state index contributed by atoms with van der Waals surface area (Å²) in [5, 5.41) is 20.3. The number of phenolic OH excluding ortho intramolecular Hbond substituents is 1. The van der Waals surface area contributed by atoms with Gasteiger partial charge in [0, 0.05) is 5.88 Å². The van der Waals surface area contributed by atoms with Crippen molar-refractivity contribution in [3.8, 4) is 5.75 Å². The van der Waals surface area contributed by atoms with E-state index in [1.54, 1.807) is 0 Å². The fourth-order valence-electron chi connectivity index (χ4n) is 6.00. The molecule has 3 heteroatoms. The van der Waals surface area contributed by atoms with Gasteiger partial charge in [-0.1, -0.05) is 13.0 Å². The molecular weight excluding hydrogens is 296 g/mol. The molecule has 0 spiro atoms. The van der Waals surface area contributed by atoms with Gasteiger partial charge in [0.1, 0.15) is 5.75 Å². The molecule has 2 saturated carbocycles. The summed E-state index contributed by atoms with van der Waals surface area (Å²) < 4.78 is 0. The molecule has 0 aromatic heterocycles. The van der Waals surface area contributed by atoms with E-state index in [9.17, 15) is 10.2 Å². The predicted octanol–water partition coefficient (Wildman–Crippen LogP) is 4.07. The first-order valence-electron chi connectivity index (χ1n) is 8.60. The number of benzene rings is 1. The van der Waals surface area contributed by atoms with Crippen LogP contribution in [-0.4, -0.2) is 22.2 Å². The van der Waals surface area contributed by atoms with E-state index >= 15 is 0 Å². The molecule has 0 saturated heterocycles. The Labute approximate surface area is 137 Å². The first-order valence-corrected chi connectivity index (χ1v) is 9.14. The van der Waals surface area contributed by atoms with Crippen LogP contribution in [0.5, 0.6) is 5.75 Å². The summed E-state index contributed by atoms with van der Waals surface area (Å²) in [5.74, 6) is 3.23. The SMILES string of the molecule is C[C@]12CC(CCl)[C@@H]3c4ccc(O)cc4CC[C@H]3[C@@H]1CC[C@H]2O. The number of hydrogen-bond donors (Lipinski definition) is 2. The first kappa shape index (κ1) is 14.8. The van der Waals surface area contributed by atoms with Gasteiger partial charge in [0.25, 0.3) is 0 Å². The number of phenols is 1. The van der Waals surface area contributed by atoms with Crippen molar-refractivity contribution in [2.75, 3.05) is 5.88 Å². The van der Waals surface area contributed by atoms with Crippen LogP contribution in [0.3, 0.4) is 0 Å². The van der Waals surface area contributed by atoms with Crippen LogP contribution < -0.4 is 0 Å². The van der Waals surface area contributed by atoms with Crippen molar-refractivity contribution in [1.82, 2.24) is 0 Å². The fourth-order valence-corrected chi connectivity index (χ4v) is 6.30. The second-order valence-corrected chi connectivity index (χ2v) is 8.24. The molecule has 2 fully saturated rings. The average molecular weight is 321 g/mol. The number of halogens is 1.